The number of hydrogen-bond donors (Lipinski definition) is 1. The maximum atomic E-state index is 4.89. The number of rotatable bonds is 5. The van der Waals surface area contributed by atoms with Crippen molar-refractivity contribution in [1.82, 2.24) is 29.8 Å². The second-order valence-corrected chi connectivity index (χ2v) is 7.14. The smallest absolute Gasteiger partial charge is 0.193 e. The topological polar surface area (TPSA) is 63.3 Å². The van der Waals surface area contributed by atoms with Gasteiger partial charge in [-0.05, 0) is 44.7 Å². The summed E-state index contributed by atoms with van der Waals surface area (Å²) < 4.78 is 3.84. The molecule has 1 aliphatic heterocycles. The molecule has 0 saturated carbocycles. The van der Waals surface area contributed by atoms with E-state index < -0.39 is 0 Å². The molecule has 3 rings (SSSR count). The maximum absolute atomic E-state index is 4.89. The lowest BCUT2D eigenvalue weighted by atomic mass is 10.0. The number of hydrogen-bond acceptors (Lipinski definition) is 3. The molecule has 0 aliphatic carbocycles. The van der Waals surface area contributed by atoms with Crippen LogP contribution in [0, 0.1) is 13.8 Å². The molecule has 2 aromatic rings. The molecule has 3 heterocycles. The molecule has 1 aliphatic rings. The highest BCUT2D eigenvalue weighted by molar-refractivity contribution is 5.80. The number of nitrogens with one attached hydrogen (secondary N) is 1. The van der Waals surface area contributed by atoms with Crippen LogP contribution in [0.4, 0.5) is 0 Å². The van der Waals surface area contributed by atoms with Crippen molar-refractivity contribution in [3.63, 3.8) is 0 Å². The van der Waals surface area contributed by atoms with Crippen molar-refractivity contribution in [2.45, 2.75) is 39.5 Å². The van der Waals surface area contributed by atoms with Crippen molar-refractivity contribution in [3.05, 3.63) is 34.9 Å². The van der Waals surface area contributed by atoms with Gasteiger partial charge in [0.15, 0.2) is 5.96 Å². The number of aryl methyl sites for hydroxylation is 3. The molecular formula is C19H31N7. The minimum Gasteiger partial charge on any atom is -0.357 e. The average Bonchev–Trinajstić information content (AvgIpc) is 3.30. The third-order valence-electron chi connectivity index (χ3n) is 5.30. The van der Waals surface area contributed by atoms with Crippen LogP contribution in [-0.2, 0) is 20.5 Å². The van der Waals surface area contributed by atoms with E-state index >= 15 is 0 Å². The van der Waals surface area contributed by atoms with Crippen LogP contribution in [0.2, 0.25) is 0 Å². The molecule has 7 nitrogen and oxygen atoms in total. The Morgan fingerprint density at radius 2 is 2.15 bits per heavy atom. The van der Waals surface area contributed by atoms with Crippen LogP contribution < -0.4 is 5.32 Å². The minimum absolute atomic E-state index is 0.537. The van der Waals surface area contributed by atoms with Crippen molar-refractivity contribution < 1.29 is 0 Å². The molecule has 7 heteroatoms. The Bertz CT molecular complexity index is 771. The van der Waals surface area contributed by atoms with Crippen LogP contribution in [0.5, 0.6) is 0 Å². The molecule has 0 radical (unpaired) electrons. The van der Waals surface area contributed by atoms with Crippen molar-refractivity contribution >= 4 is 5.96 Å². The van der Waals surface area contributed by atoms with Gasteiger partial charge in [0.05, 0.1) is 11.9 Å². The third-order valence-corrected chi connectivity index (χ3v) is 5.30. The molecule has 1 atom stereocenters. The predicted molar refractivity (Wildman–Crippen MR) is 105 cm³/mol. The van der Waals surface area contributed by atoms with Crippen LogP contribution in [0.25, 0.3) is 0 Å². The molecule has 26 heavy (non-hydrogen) atoms. The van der Waals surface area contributed by atoms with Gasteiger partial charge in [0.1, 0.15) is 0 Å². The van der Waals surface area contributed by atoms with Crippen molar-refractivity contribution in [3.8, 4) is 0 Å². The van der Waals surface area contributed by atoms with Crippen molar-refractivity contribution in [2.24, 2.45) is 19.1 Å². The first-order chi connectivity index (χ1) is 12.5. The number of likely N-dealkylation sites (tertiary alicyclic amines) is 1. The number of aliphatic imine (C=N–C) groups is 1. The fourth-order valence-corrected chi connectivity index (χ4v) is 3.75. The van der Waals surface area contributed by atoms with Crippen LogP contribution in [0.15, 0.2) is 17.4 Å². The summed E-state index contributed by atoms with van der Waals surface area (Å²) in [7, 11) is 3.98. The number of nitrogens with zero attached hydrogens (tertiary/aromatic N) is 6. The van der Waals surface area contributed by atoms with E-state index in [1.807, 2.05) is 29.7 Å². The van der Waals surface area contributed by atoms with E-state index in [9.17, 15) is 0 Å². The fourth-order valence-electron chi connectivity index (χ4n) is 3.75. The lowest BCUT2D eigenvalue weighted by Gasteiger charge is -2.21. The minimum atomic E-state index is 0.537. The molecule has 2 aromatic heterocycles. The van der Waals surface area contributed by atoms with Gasteiger partial charge in [0.25, 0.3) is 0 Å². The van der Waals surface area contributed by atoms with Gasteiger partial charge < -0.3 is 10.2 Å². The van der Waals surface area contributed by atoms with E-state index in [2.05, 4.69) is 47.4 Å². The van der Waals surface area contributed by atoms with Gasteiger partial charge in [-0.25, -0.2) is 0 Å². The van der Waals surface area contributed by atoms with E-state index in [1.54, 1.807) is 0 Å². The van der Waals surface area contributed by atoms with Gasteiger partial charge in [-0.2, -0.15) is 10.2 Å². The first kappa shape index (κ1) is 18.5. The Labute approximate surface area is 156 Å². The summed E-state index contributed by atoms with van der Waals surface area (Å²) >= 11 is 0. The fraction of sp³-hybridized carbons (Fsp3) is 0.632. The van der Waals surface area contributed by atoms with Crippen LogP contribution >= 0.6 is 0 Å². The van der Waals surface area contributed by atoms with E-state index in [0.29, 0.717) is 5.92 Å². The quantitative estimate of drug-likeness (QED) is 0.654. The Morgan fingerprint density at radius 1 is 1.35 bits per heavy atom. The highest BCUT2D eigenvalue weighted by atomic mass is 15.3. The molecule has 1 fully saturated rings. The zero-order chi connectivity index (χ0) is 18.7. The summed E-state index contributed by atoms with van der Waals surface area (Å²) in [6.45, 7) is 10.0. The Kier molecular flexibility index (Phi) is 5.64. The Hall–Kier alpha value is -2.31. The molecule has 142 valence electrons. The summed E-state index contributed by atoms with van der Waals surface area (Å²) in [6, 6.07) is 0. The maximum Gasteiger partial charge on any atom is 0.193 e. The summed E-state index contributed by atoms with van der Waals surface area (Å²) in [5.74, 6) is 1.56. The standard InChI is InChI=1S/C19H31N7/c1-6-20-19(21-9-7-18-14(2)23-25(5)15(18)3)26-10-8-16(13-26)17-11-22-24(4)12-17/h11-12,16H,6-10,13H2,1-5H3,(H,20,21). The molecule has 0 amide bonds. The van der Waals surface area contributed by atoms with Crippen LogP contribution in [-0.4, -0.2) is 56.6 Å². The second kappa shape index (κ2) is 7.93. The molecular weight excluding hydrogens is 326 g/mol. The van der Waals surface area contributed by atoms with Crippen LogP contribution in [0.3, 0.4) is 0 Å². The molecule has 0 aromatic carbocycles. The normalized spacial score (nSPS) is 18.0. The van der Waals surface area contributed by atoms with E-state index in [4.69, 9.17) is 4.99 Å². The molecule has 1 saturated heterocycles. The van der Waals surface area contributed by atoms with Gasteiger partial charge in [0, 0.05) is 58.1 Å². The highest BCUT2D eigenvalue weighted by Gasteiger charge is 2.26. The molecule has 1 unspecified atom stereocenters. The lowest BCUT2D eigenvalue weighted by Crippen LogP contribution is -2.40. The predicted octanol–water partition coefficient (Wildman–Crippen LogP) is 1.77. The first-order valence-corrected chi connectivity index (χ1v) is 9.50. The molecule has 0 spiro atoms. The first-order valence-electron chi connectivity index (χ1n) is 9.50. The van der Waals surface area contributed by atoms with Gasteiger partial charge in [0.2, 0.25) is 0 Å². The SMILES string of the molecule is CCNC(=NCCc1c(C)nn(C)c1C)N1CCC(c2cnn(C)c2)C1. The van der Waals surface area contributed by atoms with Gasteiger partial charge in [-0.1, -0.05) is 0 Å². The van der Waals surface area contributed by atoms with Gasteiger partial charge in [-0.3, -0.25) is 14.4 Å². The van der Waals surface area contributed by atoms with E-state index in [0.717, 1.165) is 50.7 Å². The van der Waals surface area contributed by atoms with Crippen molar-refractivity contribution in [1.29, 1.82) is 0 Å². The Morgan fingerprint density at radius 3 is 2.77 bits per heavy atom. The largest absolute Gasteiger partial charge is 0.357 e. The summed E-state index contributed by atoms with van der Waals surface area (Å²) in [6.07, 6.45) is 6.20. The van der Waals surface area contributed by atoms with E-state index in [-0.39, 0.29) is 0 Å². The third kappa shape index (κ3) is 3.92. The van der Waals surface area contributed by atoms with E-state index in [1.165, 1.54) is 16.8 Å². The van der Waals surface area contributed by atoms with Gasteiger partial charge >= 0.3 is 0 Å². The molecule has 0 bridgehead atoms. The summed E-state index contributed by atoms with van der Waals surface area (Å²) in [5, 5.41) is 12.3. The summed E-state index contributed by atoms with van der Waals surface area (Å²) in [4.78, 5) is 7.27. The number of aromatic nitrogens is 4. The van der Waals surface area contributed by atoms with Gasteiger partial charge in [-0.15, -0.1) is 0 Å². The zero-order valence-corrected chi connectivity index (χ0v) is 16.7. The monoisotopic (exact) mass is 357 g/mol. The average molecular weight is 358 g/mol. The highest BCUT2D eigenvalue weighted by Crippen LogP contribution is 2.26. The Balaban J connectivity index is 1.64. The van der Waals surface area contributed by atoms with Crippen LogP contribution in [0.1, 0.15) is 41.8 Å². The second-order valence-electron chi connectivity index (χ2n) is 7.14. The molecule has 1 N–H and O–H groups in total. The lowest BCUT2D eigenvalue weighted by molar-refractivity contribution is 0.486. The number of guanidine groups is 1. The summed E-state index contributed by atoms with van der Waals surface area (Å²) in [5.41, 5.74) is 5.00. The van der Waals surface area contributed by atoms with Crippen molar-refractivity contribution in [2.75, 3.05) is 26.2 Å². The zero-order valence-electron chi connectivity index (χ0n) is 16.7.